The summed E-state index contributed by atoms with van der Waals surface area (Å²) in [4.78, 5) is 0. The normalized spacial score (nSPS) is 25.9. The van der Waals surface area contributed by atoms with E-state index < -0.39 is 0 Å². The first kappa shape index (κ1) is 11.6. The van der Waals surface area contributed by atoms with Crippen LogP contribution >= 0.6 is 0 Å². The summed E-state index contributed by atoms with van der Waals surface area (Å²) in [6.07, 6.45) is 8.09. The van der Waals surface area contributed by atoms with Crippen molar-refractivity contribution in [1.82, 2.24) is 14.8 Å². The van der Waals surface area contributed by atoms with E-state index in [2.05, 4.69) is 21.7 Å². The van der Waals surface area contributed by atoms with Gasteiger partial charge in [-0.05, 0) is 31.7 Å². The van der Waals surface area contributed by atoms with Crippen LogP contribution in [0.3, 0.4) is 0 Å². The first-order valence-corrected chi connectivity index (χ1v) is 6.44. The lowest BCUT2D eigenvalue weighted by atomic mass is 9.79. The molecule has 1 saturated carbocycles. The molecule has 1 aromatic heterocycles. The van der Waals surface area contributed by atoms with Gasteiger partial charge in [-0.15, -0.1) is 10.2 Å². The zero-order valence-corrected chi connectivity index (χ0v) is 10.1. The van der Waals surface area contributed by atoms with E-state index >= 15 is 0 Å². The van der Waals surface area contributed by atoms with Crippen molar-refractivity contribution in [2.45, 2.75) is 51.5 Å². The Bertz CT molecular complexity index is 321. The third-order valence-electron chi connectivity index (χ3n) is 3.65. The number of nitrogens with zero attached hydrogens (tertiary/aromatic N) is 3. The van der Waals surface area contributed by atoms with Crippen molar-refractivity contribution in [3.8, 4) is 0 Å². The molecule has 1 aromatic rings. The number of aryl methyl sites for hydroxylation is 1. The van der Waals surface area contributed by atoms with Crippen molar-refractivity contribution >= 4 is 0 Å². The lowest BCUT2D eigenvalue weighted by Gasteiger charge is -2.30. The van der Waals surface area contributed by atoms with E-state index in [1.807, 2.05) is 6.33 Å². The number of hydrogen-bond donors (Lipinski definition) is 1. The molecule has 2 rings (SSSR count). The van der Waals surface area contributed by atoms with Gasteiger partial charge in [0.25, 0.3) is 0 Å². The van der Waals surface area contributed by atoms with Gasteiger partial charge in [0.05, 0.1) is 0 Å². The molecule has 90 valence electrons. The third-order valence-corrected chi connectivity index (χ3v) is 3.65. The van der Waals surface area contributed by atoms with Gasteiger partial charge < -0.3 is 10.3 Å². The summed E-state index contributed by atoms with van der Waals surface area (Å²) < 4.78 is 2.21. The maximum atomic E-state index is 5.87. The average Bonchev–Trinajstić information content (AvgIpc) is 2.77. The van der Waals surface area contributed by atoms with Gasteiger partial charge in [0, 0.05) is 12.5 Å². The molecule has 1 heterocycles. The van der Waals surface area contributed by atoms with Crippen molar-refractivity contribution in [3.05, 3.63) is 12.2 Å². The van der Waals surface area contributed by atoms with E-state index in [0.29, 0.717) is 11.8 Å². The fourth-order valence-corrected chi connectivity index (χ4v) is 2.79. The van der Waals surface area contributed by atoms with Crippen LogP contribution in [0.5, 0.6) is 0 Å². The minimum absolute atomic E-state index is 0.535. The molecule has 0 bridgehead atoms. The molecule has 1 aliphatic rings. The Morgan fingerprint density at radius 1 is 1.44 bits per heavy atom. The van der Waals surface area contributed by atoms with Crippen molar-refractivity contribution in [1.29, 1.82) is 0 Å². The second kappa shape index (κ2) is 5.43. The fourth-order valence-electron chi connectivity index (χ4n) is 2.79. The predicted molar refractivity (Wildman–Crippen MR) is 64.1 cm³/mol. The van der Waals surface area contributed by atoms with E-state index in [1.54, 1.807) is 0 Å². The first-order valence-electron chi connectivity index (χ1n) is 6.44. The van der Waals surface area contributed by atoms with Gasteiger partial charge >= 0.3 is 0 Å². The summed E-state index contributed by atoms with van der Waals surface area (Å²) in [7, 11) is 0. The number of rotatable bonds is 4. The molecule has 0 aromatic carbocycles. The Kier molecular flexibility index (Phi) is 3.93. The lowest BCUT2D eigenvalue weighted by Crippen LogP contribution is -2.27. The minimum Gasteiger partial charge on any atom is -0.330 e. The molecule has 0 amide bonds. The van der Waals surface area contributed by atoms with Crippen molar-refractivity contribution in [2.24, 2.45) is 11.7 Å². The second-order valence-electron chi connectivity index (χ2n) is 4.77. The quantitative estimate of drug-likeness (QED) is 0.846. The Labute approximate surface area is 97.2 Å². The van der Waals surface area contributed by atoms with Crippen molar-refractivity contribution in [2.75, 3.05) is 6.54 Å². The Hall–Kier alpha value is -0.900. The molecule has 0 radical (unpaired) electrons. The van der Waals surface area contributed by atoms with E-state index in [-0.39, 0.29) is 0 Å². The largest absolute Gasteiger partial charge is 0.330 e. The van der Waals surface area contributed by atoms with Crippen LogP contribution in [0.1, 0.15) is 50.8 Å². The summed E-state index contributed by atoms with van der Waals surface area (Å²) in [5.41, 5.74) is 5.87. The number of nitrogens with two attached hydrogens (primary N) is 1. The highest BCUT2D eigenvalue weighted by Crippen LogP contribution is 2.36. The first-order chi connectivity index (χ1) is 7.86. The molecule has 2 N–H and O–H groups in total. The maximum absolute atomic E-state index is 5.87. The summed E-state index contributed by atoms with van der Waals surface area (Å²) in [5, 5.41) is 8.37. The van der Waals surface area contributed by atoms with Crippen LogP contribution in [-0.4, -0.2) is 21.3 Å². The molecule has 2 atom stereocenters. The molecule has 1 aliphatic carbocycles. The Morgan fingerprint density at radius 2 is 2.25 bits per heavy atom. The molecule has 16 heavy (non-hydrogen) atoms. The number of hydrogen-bond acceptors (Lipinski definition) is 3. The summed E-state index contributed by atoms with van der Waals surface area (Å²) in [6, 6.07) is 0. The summed E-state index contributed by atoms with van der Waals surface area (Å²) >= 11 is 0. The molecule has 0 aliphatic heterocycles. The topological polar surface area (TPSA) is 56.7 Å². The minimum atomic E-state index is 0.535. The lowest BCUT2D eigenvalue weighted by molar-refractivity contribution is 0.297. The highest BCUT2D eigenvalue weighted by Gasteiger charge is 2.28. The highest BCUT2D eigenvalue weighted by atomic mass is 15.3. The van der Waals surface area contributed by atoms with Gasteiger partial charge in [0.2, 0.25) is 0 Å². The average molecular weight is 222 g/mol. The van der Waals surface area contributed by atoms with Crippen LogP contribution < -0.4 is 5.73 Å². The van der Waals surface area contributed by atoms with Crippen LogP contribution in [-0.2, 0) is 6.54 Å². The molecule has 0 spiro atoms. The fraction of sp³-hybridized carbons (Fsp3) is 0.833. The van der Waals surface area contributed by atoms with Gasteiger partial charge in [0.15, 0.2) is 0 Å². The van der Waals surface area contributed by atoms with Crippen LogP contribution in [0.25, 0.3) is 0 Å². The van der Waals surface area contributed by atoms with Crippen LogP contribution in [0, 0.1) is 5.92 Å². The molecule has 0 saturated heterocycles. The molecule has 1 fully saturated rings. The van der Waals surface area contributed by atoms with E-state index in [9.17, 15) is 0 Å². The standard InChI is InChI=1S/C12H22N4/c1-2-7-16-9-14-15-12(16)11-6-4-3-5-10(11)8-13/h9-11H,2-8,13H2,1H3. The van der Waals surface area contributed by atoms with Gasteiger partial charge in [-0.2, -0.15) is 0 Å². The Balaban J connectivity index is 2.16. The second-order valence-corrected chi connectivity index (χ2v) is 4.77. The zero-order chi connectivity index (χ0) is 11.4. The summed E-state index contributed by atoms with van der Waals surface area (Å²) in [5.74, 6) is 2.30. The van der Waals surface area contributed by atoms with Crippen LogP contribution in [0.4, 0.5) is 0 Å². The molecular weight excluding hydrogens is 200 g/mol. The van der Waals surface area contributed by atoms with Gasteiger partial charge in [-0.3, -0.25) is 0 Å². The van der Waals surface area contributed by atoms with Gasteiger partial charge in [0.1, 0.15) is 12.2 Å². The zero-order valence-electron chi connectivity index (χ0n) is 10.1. The molecule has 4 nitrogen and oxygen atoms in total. The highest BCUT2D eigenvalue weighted by molar-refractivity contribution is 5.01. The summed E-state index contributed by atoms with van der Waals surface area (Å²) in [6.45, 7) is 3.99. The molecule has 2 unspecified atom stereocenters. The maximum Gasteiger partial charge on any atom is 0.136 e. The third kappa shape index (κ3) is 2.26. The predicted octanol–water partition coefficient (Wildman–Crippen LogP) is 1.92. The molecule has 4 heteroatoms. The van der Waals surface area contributed by atoms with Crippen molar-refractivity contribution in [3.63, 3.8) is 0 Å². The van der Waals surface area contributed by atoms with Gasteiger partial charge in [-0.1, -0.05) is 19.8 Å². The van der Waals surface area contributed by atoms with Crippen molar-refractivity contribution < 1.29 is 0 Å². The molecular formula is C12H22N4. The van der Waals surface area contributed by atoms with E-state index in [4.69, 9.17) is 5.73 Å². The number of aromatic nitrogens is 3. The Morgan fingerprint density at radius 3 is 3.00 bits per heavy atom. The monoisotopic (exact) mass is 222 g/mol. The SMILES string of the molecule is CCCn1cnnc1C1CCCCC1CN. The van der Waals surface area contributed by atoms with Gasteiger partial charge in [-0.25, -0.2) is 0 Å². The smallest absolute Gasteiger partial charge is 0.136 e. The van der Waals surface area contributed by atoms with E-state index in [1.165, 1.54) is 25.7 Å². The van der Waals surface area contributed by atoms with Crippen LogP contribution in [0.2, 0.25) is 0 Å². The van der Waals surface area contributed by atoms with Crippen LogP contribution in [0.15, 0.2) is 6.33 Å². The van der Waals surface area contributed by atoms with E-state index in [0.717, 1.165) is 25.3 Å².